The summed E-state index contributed by atoms with van der Waals surface area (Å²) >= 11 is 2.16. The highest BCUT2D eigenvalue weighted by molar-refractivity contribution is 7.20. The molecule has 0 bridgehead atoms. The second-order valence-electron chi connectivity index (χ2n) is 11.7. The minimum Gasteiger partial charge on any atom is -0.465 e. The molecule has 0 saturated carbocycles. The molecule has 236 valence electrons. The Morgan fingerprint density at radius 2 is 1.21 bits per heavy atom. The van der Waals surface area contributed by atoms with Crippen molar-refractivity contribution in [2.24, 2.45) is 0 Å². The van der Waals surface area contributed by atoms with Crippen LogP contribution in [0.2, 0.25) is 0 Å². The summed E-state index contributed by atoms with van der Waals surface area (Å²) in [6.07, 6.45) is 0. The summed E-state index contributed by atoms with van der Waals surface area (Å²) in [5.74, 6) is -16.6. The van der Waals surface area contributed by atoms with Crippen LogP contribution < -0.4 is 0 Å². The quantitative estimate of drug-likeness (QED) is 0.106. The number of ether oxygens (including phenoxy) is 1. The average molecular weight is 677 g/mol. The maximum absolute atomic E-state index is 16.1. The summed E-state index contributed by atoms with van der Waals surface area (Å²) in [4.78, 5) is 13.5. The van der Waals surface area contributed by atoms with Crippen LogP contribution in [0.3, 0.4) is 0 Å². The molecule has 0 unspecified atom stereocenters. The Kier molecular flexibility index (Phi) is 6.25. The minimum atomic E-state index is -5.68. The number of methoxy groups -OCH3 is 1. The van der Waals surface area contributed by atoms with Gasteiger partial charge in [0.2, 0.25) is 0 Å². The summed E-state index contributed by atoms with van der Waals surface area (Å²) in [6.45, 7) is 2.97. The van der Waals surface area contributed by atoms with Gasteiger partial charge in [0.15, 0.2) is 0 Å². The number of carbonyl (C=O) groups is 1. The molecule has 2 nitrogen and oxygen atoms in total. The molecule has 0 spiro atoms. The monoisotopic (exact) mass is 676 g/mol. The van der Waals surface area contributed by atoms with Gasteiger partial charge in [0.05, 0.1) is 12.7 Å². The zero-order chi connectivity index (χ0) is 33.2. The van der Waals surface area contributed by atoms with Gasteiger partial charge >= 0.3 is 23.7 Å². The van der Waals surface area contributed by atoms with Gasteiger partial charge < -0.3 is 4.74 Å². The number of rotatable bonds is 3. The van der Waals surface area contributed by atoms with E-state index in [1.807, 2.05) is 36.4 Å². The molecule has 0 aliphatic heterocycles. The molecule has 7 aromatic rings. The zero-order valence-electron chi connectivity index (χ0n) is 24.9. The summed E-state index contributed by atoms with van der Waals surface area (Å²) in [5, 5.41) is 4.33. The highest BCUT2D eigenvalue weighted by Crippen LogP contribution is 2.67. The van der Waals surface area contributed by atoms with E-state index < -0.39 is 34.9 Å². The van der Waals surface area contributed by atoms with Gasteiger partial charge in [-0.05, 0) is 47.5 Å². The van der Waals surface area contributed by atoms with Gasteiger partial charge in [0.1, 0.15) is 0 Å². The third-order valence-electron chi connectivity index (χ3n) is 9.18. The smallest absolute Gasteiger partial charge is 0.380 e. The molecule has 10 heteroatoms. The molecule has 1 aliphatic rings. The Balaban J connectivity index is 1.54. The van der Waals surface area contributed by atoms with Crippen molar-refractivity contribution in [2.75, 3.05) is 7.11 Å². The average Bonchev–Trinajstić information content (AvgIpc) is 3.59. The first kappa shape index (κ1) is 30.0. The zero-order valence-corrected chi connectivity index (χ0v) is 26.5. The molecule has 0 atom stereocenters. The van der Waals surface area contributed by atoms with Crippen LogP contribution in [0.1, 0.15) is 31.2 Å². The van der Waals surface area contributed by atoms with E-state index in [-0.39, 0.29) is 31.7 Å². The number of benzene rings is 5. The molecule has 5 aromatic carbocycles. The third kappa shape index (κ3) is 3.76. The van der Waals surface area contributed by atoms with E-state index in [2.05, 4.69) is 0 Å². The van der Waals surface area contributed by atoms with Gasteiger partial charge in [-0.25, -0.2) is 4.79 Å². The minimum absolute atomic E-state index is 0.151. The van der Waals surface area contributed by atoms with Crippen molar-refractivity contribution in [1.29, 1.82) is 0 Å². The number of thiophene rings is 2. The molecule has 8 rings (SSSR count). The largest absolute Gasteiger partial charge is 0.465 e. The first-order valence-corrected chi connectivity index (χ1v) is 16.2. The number of carbonyl (C=O) groups excluding carboxylic acids is 1. The topological polar surface area (TPSA) is 26.3 Å². The van der Waals surface area contributed by atoms with Gasteiger partial charge in [0, 0.05) is 63.0 Å². The van der Waals surface area contributed by atoms with Crippen molar-refractivity contribution in [3.8, 4) is 0 Å². The van der Waals surface area contributed by atoms with Crippen LogP contribution in [0.5, 0.6) is 0 Å². The molecule has 0 radical (unpaired) electrons. The predicted octanol–water partition coefficient (Wildman–Crippen LogP) is 11.8. The Hall–Kier alpha value is -4.41. The van der Waals surface area contributed by atoms with Crippen LogP contribution in [0.4, 0.5) is 26.3 Å². The van der Waals surface area contributed by atoms with Crippen molar-refractivity contribution in [3.05, 3.63) is 105 Å². The lowest BCUT2D eigenvalue weighted by molar-refractivity contribution is -0.254. The third-order valence-corrected chi connectivity index (χ3v) is 11.4. The summed E-state index contributed by atoms with van der Waals surface area (Å²) in [5.41, 5.74) is -3.03. The van der Waals surface area contributed by atoms with Crippen molar-refractivity contribution >= 4 is 92.3 Å². The summed E-state index contributed by atoms with van der Waals surface area (Å²) in [7, 11) is 1.28. The number of halogens is 6. The molecular weight excluding hydrogens is 655 g/mol. The second-order valence-corrected chi connectivity index (χ2v) is 14.2. The number of esters is 1. The van der Waals surface area contributed by atoms with Crippen LogP contribution in [0.25, 0.3) is 63.6 Å². The summed E-state index contributed by atoms with van der Waals surface area (Å²) in [6, 6.07) is 22.2. The van der Waals surface area contributed by atoms with E-state index in [1.54, 1.807) is 30.3 Å². The molecule has 2 aromatic heterocycles. The second kappa shape index (κ2) is 9.81. The number of allylic oxidation sites excluding steroid dienone is 2. The van der Waals surface area contributed by atoms with Crippen LogP contribution in [-0.2, 0) is 4.74 Å². The molecule has 1 aliphatic carbocycles. The van der Waals surface area contributed by atoms with Crippen LogP contribution in [-0.4, -0.2) is 30.8 Å². The van der Waals surface area contributed by atoms with Crippen LogP contribution in [0.15, 0.2) is 78.9 Å². The number of fused-ring (bicyclic) bond motifs is 8. The standard InChI is InChI=1S/C37H22F6O2S2/c1-17-27(22-10-6-7-11-26(22)46-17)31-32(36(40,41)37(42,43)35(31,38)39)28-18(2)47-33-24(28)15-13-20-16-25(34(44)45-3)30-21-9-5-4-8-19(21)12-14-23(30)29(20)33/h4-16H,1-3H3. The fourth-order valence-corrected chi connectivity index (χ4v) is 9.44. The fourth-order valence-electron chi connectivity index (χ4n) is 7.14. The Bertz CT molecular complexity index is 2540. The summed E-state index contributed by atoms with van der Waals surface area (Å²) < 4.78 is 101. The lowest BCUT2D eigenvalue weighted by Gasteiger charge is -2.26. The molecule has 0 amide bonds. The molecule has 47 heavy (non-hydrogen) atoms. The van der Waals surface area contributed by atoms with E-state index in [0.29, 0.717) is 36.5 Å². The van der Waals surface area contributed by atoms with Gasteiger partial charge in [-0.15, -0.1) is 22.7 Å². The highest BCUT2D eigenvalue weighted by Gasteiger charge is 2.80. The predicted molar refractivity (Wildman–Crippen MR) is 179 cm³/mol. The lowest BCUT2D eigenvalue weighted by Crippen LogP contribution is -2.48. The maximum Gasteiger partial charge on any atom is 0.380 e. The number of hydrogen-bond acceptors (Lipinski definition) is 4. The Morgan fingerprint density at radius 3 is 1.91 bits per heavy atom. The van der Waals surface area contributed by atoms with E-state index in [4.69, 9.17) is 4.74 Å². The van der Waals surface area contributed by atoms with E-state index >= 15 is 26.3 Å². The molecule has 0 saturated heterocycles. The van der Waals surface area contributed by atoms with Crippen LogP contribution in [0, 0.1) is 13.8 Å². The van der Waals surface area contributed by atoms with Gasteiger partial charge in [-0.2, -0.15) is 26.3 Å². The van der Waals surface area contributed by atoms with Gasteiger partial charge in [0.25, 0.3) is 0 Å². The highest BCUT2D eigenvalue weighted by atomic mass is 32.1. The molecule has 0 fully saturated rings. The normalized spacial score (nSPS) is 17.1. The Labute approximate surface area is 271 Å². The van der Waals surface area contributed by atoms with Crippen molar-refractivity contribution in [2.45, 2.75) is 31.6 Å². The van der Waals surface area contributed by atoms with Gasteiger partial charge in [-0.3, -0.25) is 0 Å². The first-order chi connectivity index (χ1) is 22.3. The first-order valence-electron chi connectivity index (χ1n) is 14.6. The SMILES string of the molecule is COC(=O)c1cc2ccc3c(C4=C(c5c(C)sc6ccccc56)C(F)(F)C(F)(F)C4(F)F)c(C)sc3c2c2ccc3ccccc3c12. The van der Waals surface area contributed by atoms with Crippen molar-refractivity contribution < 1.29 is 35.9 Å². The van der Waals surface area contributed by atoms with Crippen LogP contribution >= 0.6 is 22.7 Å². The lowest BCUT2D eigenvalue weighted by atomic mass is 9.89. The van der Waals surface area contributed by atoms with Gasteiger partial charge in [-0.1, -0.05) is 66.7 Å². The van der Waals surface area contributed by atoms with Crippen molar-refractivity contribution in [1.82, 2.24) is 0 Å². The number of alkyl halides is 6. The molecule has 2 heterocycles. The number of hydrogen-bond donors (Lipinski definition) is 0. The van der Waals surface area contributed by atoms with E-state index in [1.165, 1.54) is 33.1 Å². The van der Waals surface area contributed by atoms with E-state index in [9.17, 15) is 4.79 Å². The van der Waals surface area contributed by atoms with E-state index in [0.717, 1.165) is 33.4 Å². The molecule has 0 N–H and O–H groups in total. The molecular formula is C37H22F6O2S2. The Morgan fingerprint density at radius 1 is 0.638 bits per heavy atom. The number of aryl methyl sites for hydroxylation is 2. The maximum atomic E-state index is 16.1. The van der Waals surface area contributed by atoms with Crippen molar-refractivity contribution in [3.63, 3.8) is 0 Å². The fraction of sp³-hybridized carbons (Fsp3) is 0.162.